The second kappa shape index (κ2) is 5.80. The van der Waals surface area contributed by atoms with E-state index in [2.05, 4.69) is 13.5 Å². The van der Waals surface area contributed by atoms with Crippen molar-refractivity contribution in [2.24, 2.45) is 22.7 Å². The average molecular weight is 346 g/mol. The predicted octanol–water partition coefficient (Wildman–Crippen LogP) is 4.15. The lowest BCUT2D eigenvalue weighted by Crippen LogP contribution is -2.51. The van der Waals surface area contributed by atoms with Gasteiger partial charge in [0.1, 0.15) is 0 Å². The molecule has 2 saturated carbocycles. The van der Waals surface area contributed by atoms with Crippen LogP contribution in [0.25, 0.3) is 0 Å². The third-order valence-corrected chi connectivity index (χ3v) is 6.95. The van der Waals surface area contributed by atoms with Gasteiger partial charge in [-0.25, -0.2) is 0 Å². The first-order chi connectivity index (χ1) is 11.5. The Balaban J connectivity index is 1.75. The normalized spacial score (nSPS) is 41.0. The van der Waals surface area contributed by atoms with Gasteiger partial charge in [0.05, 0.1) is 17.1 Å². The number of ether oxygens (including phenoxy) is 1. The second-order valence-corrected chi connectivity index (χ2v) is 9.21. The van der Waals surface area contributed by atoms with E-state index >= 15 is 0 Å². The number of carboxylic acid groups (broad SMARTS) is 1. The number of carbonyl (C=O) groups excluding carboxylic acids is 1. The first-order valence-electron chi connectivity index (χ1n) is 9.32. The van der Waals surface area contributed by atoms with E-state index in [0.717, 1.165) is 32.1 Å². The van der Waals surface area contributed by atoms with Crippen molar-refractivity contribution in [2.45, 2.75) is 71.5 Å². The summed E-state index contributed by atoms with van der Waals surface area (Å²) in [5, 5.41) is 9.22. The van der Waals surface area contributed by atoms with Gasteiger partial charge in [0.15, 0.2) is 5.78 Å². The summed E-state index contributed by atoms with van der Waals surface area (Å²) in [6.45, 7) is 11.7. The average Bonchev–Trinajstić information content (AvgIpc) is 3.16. The summed E-state index contributed by atoms with van der Waals surface area (Å²) in [5.74, 6) is -0.178. The SMILES string of the molecule is C=C1CC[C@@H]2O[C@@]2(C)CC[C@H]2[C@H]1C[C@]2(C)C(=O)/C=C/C(C)(C)C(=O)O. The Kier molecular flexibility index (Phi) is 4.26. The summed E-state index contributed by atoms with van der Waals surface area (Å²) in [5.41, 5.74) is -0.204. The summed E-state index contributed by atoms with van der Waals surface area (Å²) in [6.07, 6.45) is 8.17. The van der Waals surface area contributed by atoms with E-state index in [4.69, 9.17) is 4.74 Å². The molecule has 0 aromatic carbocycles. The summed E-state index contributed by atoms with van der Waals surface area (Å²) in [4.78, 5) is 24.1. The highest BCUT2D eigenvalue weighted by molar-refractivity contribution is 5.96. The highest BCUT2D eigenvalue weighted by Gasteiger charge is 2.58. The van der Waals surface area contributed by atoms with Crippen LogP contribution >= 0.6 is 0 Å². The van der Waals surface area contributed by atoms with Crippen molar-refractivity contribution in [3.63, 3.8) is 0 Å². The molecule has 0 unspecified atom stereocenters. The maximum atomic E-state index is 12.9. The Morgan fingerprint density at radius 3 is 2.64 bits per heavy atom. The van der Waals surface area contributed by atoms with Gasteiger partial charge < -0.3 is 9.84 Å². The molecule has 1 aliphatic heterocycles. The molecule has 3 aliphatic rings. The van der Waals surface area contributed by atoms with Crippen LogP contribution in [0.3, 0.4) is 0 Å². The van der Waals surface area contributed by atoms with E-state index in [0.29, 0.717) is 12.0 Å². The first kappa shape index (κ1) is 18.4. The van der Waals surface area contributed by atoms with Gasteiger partial charge in [0.25, 0.3) is 0 Å². The largest absolute Gasteiger partial charge is 0.481 e. The summed E-state index contributed by atoms with van der Waals surface area (Å²) < 4.78 is 5.88. The van der Waals surface area contributed by atoms with Crippen LogP contribution in [0.4, 0.5) is 0 Å². The Labute approximate surface area is 150 Å². The monoisotopic (exact) mass is 346 g/mol. The highest BCUT2D eigenvalue weighted by atomic mass is 16.6. The maximum Gasteiger partial charge on any atom is 0.312 e. The molecule has 3 rings (SSSR count). The smallest absolute Gasteiger partial charge is 0.312 e. The molecule has 5 atom stereocenters. The molecule has 0 bridgehead atoms. The number of hydrogen-bond acceptors (Lipinski definition) is 3. The summed E-state index contributed by atoms with van der Waals surface area (Å²) >= 11 is 0. The quantitative estimate of drug-likeness (QED) is 0.472. The lowest BCUT2D eigenvalue weighted by Gasteiger charge is -2.53. The van der Waals surface area contributed by atoms with Crippen molar-refractivity contribution < 1.29 is 19.4 Å². The molecule has 0 aromatic heterocycles. The molecule has 0 amide bonds. The van der Waals surface area contributed by atoms with Gasteiger partial charge in [-0.1, -0.05) is 25.2 Å². The lowest BCUT2D eigenvalue weighted by atomic mass is 9.49. The number of carboxylic acids is 1. The number of allylic oxidation sites excluding steroid dienone is 2. The van der Waals surface area contributed by atoms with Gasteiger partial charge in [-0.15, -0.1) is 0 Å². The fourth-order valence-electron chi connectivity index (χ4n) is 4.63. The minimum Gasteiger partial charge on any atom is -0.481 e. The predicted molar refractivity (Wildman–Crippen MR) is 96.2 cm³/mol. The highest BCUT2D eigenvalue weighted by Crippen LogP contribution is 2.60. The molecule has 3 fully saturated rings. The van der Waals surface area contributed by atoms with E-state index in [-0.39, 0.29) is 17.3 Å². The number of hydrogen-bond donors (Lipinski definition) is 1. The van der Waals surface area contributed by atoms with Crippen LogP contribution in [0.1, 0.15) is 59.8 Å². The zero-order valence-corrected chi connectivity index (χ0v) is 15.8. The molecule has 0 radical (unpaired) electrons. The third kappa shape index (κ3) is 3.10. The first-order valence-corrected chi connectivity index (χ1v) is 9.32. The summed E-state index contributed by atoms with van der Waals surface area (Å²) in [6, 6.07) is 0. The van der Waals surface area contributed by atoms with Crippen molar-refractivity contribution >= 4 is 11.8 Å². The molecular formula is C21H30O4. The van der Waals surface area contributed by atoms with Gasteiger partial charge >= 0.3 is 5.97 Å². The number of aliphatic carboxylic acids is 1. The van der Waals surface area contributed by atoms with Crippen LogP contribution in [0.2, 0.25) is 0 Å². The van der Waals surface area contributed by atoms with Crippen LogP contribution in [0.5, 0.6) is 0 Å². The number of fused-ring (bicyclic) bond motifs is 2. The Bertz CT molecular complexity index is 646. The van der Waals surface area contributed by atoms with Crippen molar-refractivity contribution in [1.82, 2.24) is 0 Å². The molecule has 138 valence electrons. The van der Waals surface area contributed by atoms with E-state index in [1.165, 1.54) is 17.7 Å². The van der Waals surface area contributed by atoms with Crippen LogP contribution in [-0.2, 0) is 14.3 Å². The van der Waals surface area contributed by atoms with Crippen molar-refractivity contribution in [3.05, 3.63) is 24.3 Å². The number of carbonyl (C=O) groups is 2. The number of rotatable bonds is 4. The van der Waals surface area contributed by atoms with Crippen molar-refractivity contribution in [3.8, 4) is 0 Å². The molecule has 4 nitrogen and oxygen atoms in total. The minimum absolute atomic E-state index is 0.0180. The molecule has 4 heteroatoms. The fraction of sp³-hybridized carbons (Fsp3) is 0.714. The maximum absolute atomic E-state index is 12.9. The van der Waals surface area contributed by atoms with Crippen LogP contribution in [0.15, 0.2) is 24.3 Å². The van der Waals surface area contributed by atoms with Gasteiger partial charge in [-0.2, -0.15) is 0 Å². The number of epoxide rings is 1. The zero-order chi connectivity index (χ0) is 18.6. The van der Waals surface area contributed by atoms with Gasteiger partial charge in [0.2, 0.25) is 0 Å². The van der Waals surface area contributed by atoms with Crippen molar-refractivity contribution in [2.75, 3.05) is 0 Å². The fourth-order valence-corrected chi connectivity index (χ4v) is 4.63. The van der Waals surface area contributed by atoms with Gasteiger partial charge in [0, 0.05) is 5.41 Å². The van der Waals surface area contributed by atoms with E-state index in [1.54, 1.807) is 13.8 Å². The second-order valence-electron chi connectivity index (χ2n) is 9.21. The van der Waals surface area contributed by atoms with Gasteiger partial charge in [-0.05, 0) is 70.8 Å². The summed E-state index contributed by atoms with van der Waals surface area (Å²) in [7, 11) is 0. The van der Waals surface area contributed by atoms with Crippen LogP contribution in [-0.4, -0.2) is 28.6 Å². The molecule has 2 aliphatic carbocycles. The van der Waals surface area contributed by atoms with E-state index < -0.39 is 16.8 Å². The molecule has 0 spiro atoms. The molecule has 1 saturated heterocycles. The Hall–Kier alpha value is -1.42. The molecule has 25 heavy (non-hydrogen) atoms. The lowest BCUT2D eigenvalue weighted by molar-refractivity contribution is -0.144. The Morgan fingerprint density at radius 2 is 2.00 bits per heavy atom. The number of ketones is 1. The zero-order valence-electron chi connectivity index (χ0n) is 15.8. The Morgan fingerprint density at radius 1 is 1.32 bits per heavy atom. The van der Waals surface area contributed by atoms with Crippen molar-refractivity contribution in [1.29, 1.82) is 0 Å². The van der Waals surface area contributed by atoms with Crippen LogP contribution in [0, 0.1) is 22.7 Å². The molecule has 1 heterocycles. The van der Waals surface area contributed by atoms with E-state index in [9.17, 15) is 14.7 Å². The van der Waals surface area contributed by atoms with E-state index in [1.807, 2.05) is 6.92 Å². The minimum atomic E-state index is -1.03. The third-order valence-electron chi connectivity index (χ3n) is 6.95. The van der Waals surface area contributed by atoms with Crippen LogP contribution < -0.4 is 0 Å². The molecule has 1 N–H and O–H groups in total. The van der Waals surface area contributed by atoms with Gasteiger partial charge in [-0.3, -0.25) is 9.59 Å². The molecular weight excluding hydrogens is 316 g/mol. The topological polar surface area (TPSA) is 66.9 Å². The molecule has 0 aromatic rings. The standard InChI is InChI=1S/C21H30O4/c1-13-6-7-17-21(5,25-17)11-8-15-14(13)12-20(15,4)16(22)9-10-19(2,3)18(23)24/h9-10,14-15,17H,1,6-8,11-12H2,2-5H3,(H,23,24)/b10-9+/t14-,15-,17-,20-,21-/m0/s1.